The van der Waals surface area contributed by atoms with Crippen molar-refractivity contribution in [1.82, 2.24) is 0 Å². The number of hydrogen-bond acceptors (Lipinski definition) is 4. The maximum atomic E-state index is 12.8. The molecule has 0 aliphatic heterocycles. The second-order valence-electron chi connectivity index (χ2n) is 7.46. The van der Waals surface area contributed by atoms with Crippen molar-refractivity contribution in [1.29, 1.82) is 0 Å². The quantitative estimate of drug-likeness (QED) is 0.493. The van der Waals surface area contributed by atoms with Gasteiger partial charge in [0, 0.05) is 34.0 Å². The third kappa shape index (κ3) is 3.78. The second-order valence-corrected chi connectivity index (χ2v) is 7.46. The highest BCUT2D eigenvalue weighted by Crippen LogP contribution is 2.29. The van der Waals surface area contributed by atoms with E-state index < -0.39 is 0 Å². The first-order valence-electron chi connectivity index (χ1n) is 9.86. The fourth-order valence-electron chi connectivity index (χ4n) is 3.84. The molecule has 5 heteroatoms. The summed E-state index contributed by atoms with van der Waals surface area (Å²) in [5.41, 5.74) is 4.83. The largest absolute Gasteiger partial charge is 0.497 e. The van der Waals surface area contributed by atoms with Crippen LogP contribution in [0.15, 0.2) is 60.7 Å². The lowest BCUT2D eigenvalue weighted by molar-refractivity contribution is -0.111. The number of ketones is 2. The van der Waals surface area contributed by atoms with Crippen molar-refractivity contribution < 1.29 is 19.1 Å². The Morgan fingerprint density at radius 3 is 2.03 bits per heavy atom. The first-order valence-corrected chi connectivity index (χ1v) is 9.86. The van der Waals surface area contributed by atoms with E-state index in [0.717, 1.165) is 22.4 Å². The fraction of sp³-hybridized carbons (Fsp3) is 0.115. The Morgan fingerprint density at radius 2 is 1.42 bits per heavy atom. The van der Waals surface area contributed by atoms with E-state index >= 15 is 0 Å². The summed E-state index contributed by atoms with van der Waals surface area (Å²) < 4.78 is 5.26. The number of anilines is 1. The van der Waals surface area contributed by atoms with Gasteiger partial charge in [-0.25, -0.2) is 0 Å². The van der Waals surface area contributed by atoms with Gasteiger partial charge in [-0.2, -0.15) is 0 Å². The molecule has 154 valence electrons. The topological polar surface area (TPSA) is 72.5 Å². The van der Waals surface area contributed by atoms with E-state index in [9.17, 15) is 14.4 Å². The van der Waals surface area contributed by atoms with Crippen LogP contribution in [0.25, 0.3) is 6.08 Å². The highest BCUT2D eigenvalue weighted by molar-refractivity contribution is 6.28. The maximum Gasteiger partial charge on any atom is 0.248 e. The molecule has 1 aliphatic carbocycles. The van der Waals surface area contributed by atoms with Crippen LogP contribution < -0.4 is 10.1 Å². The minimum atomic E-state index is -0.329. The zero-order chi connectivity index (χ0) is 22.1. The van der Waals surface area contributed by atoms with E-state index in [2.05, 4.69) is 5.32 Å². The number of fused-ring (bicyclic) bond motifs is 2. The Balaban J connectivity index is 1.56. The Bertz CT molecular complexity index is 1250. The van der Waals surface area contributed by atoms with Crippen LogP contribution in [0.1, 0.15) is 48.5 Å². The molecular weight excluding hydrogens is 390 g/mol. The predicted molar refractivity (Wildman–Crippen MR) is 120 cm³/mol. The van der Waals surface area contributed by atoms with Crippen molar-refractivity contribution >= 4 is 29.2 Å². The molecule has 0 saturated heterocycles. The van der Waals surface area contributed by atoms with Crippen LogP contribution in [0, 0.1) is 13.8 Å². The zero-order valence-corrected chi connectivity index (χ0v) is 17.5. The molecule has 0 bridgehead atoms. The van der Waals surface area contributed by atoms with Crippen LogP contribution in [0.5, 0.6) is 5.75 Å². The Hall–Kier alpha value is -3.99. The fourth-order valence-corrected chi connectivity index (χ4v) is 3.84. The molecule has 3 aromatic rings. The molecule has 1 amide bonds. The van der Waals surface area contributed by atoms with E-state index in [4.69, 9.17) is 4.74 Å². The lowest BCUT2D eigenvalue weighted by Gasteiger charge is -2.18. The second kappa shape index (κ2) is 8.03. The molecular formula is C26H21NO4. The number of hydrogen-bond donors (Lipinski definition) is 1. The summed E-state index contributed by atoms with van der Waals surface area (Å²) in [6.45, 7) is 3.91. The lowest BCUT2D eigenvalue weighted by atomic mass is 9.84. The van der Waals surface area contributed by atoms with Crippen LogP contribution in [0.2, 0.25) is 0 Å². The van der Waals surface area contributed by atoms with Crippen molar-refractivity contribution in [3.8, 4) is 5.75 Å². The summed E-state index contributed by atoms with van der Waals surface area (Å²) in [6, 6.07) is 15.4. The number of benzene rings is 3. The van der Waals surface area contributed by atoms with Crippen molar-refractivity contribution in [2.24, 2.45) is 0 Å². The molecule has 0 heterocycles. The third-order valence-corrected chi connectivity index (χ3v) is 5.40. The minimum Gasteiger partial charge on any atom is -0.497 e. The van der Waals surface area contributed by atoms with Gasteiger partial charge in [-0.05, 0) is 66.9 Å². The molecule has 0 atom stereocenters. The maximum absolute atomic E-state index is 12.8. The van der Waals surface area contributed by atoms with E-state index in [1.807, 2.05) is 26.0 Å². The predicted octanol–water partition coefficient (Wildman–Crippen LogP) is 4.74. The minimum absolute atomic E-state index is 0.187. The highest BCUT2D eigenvalue weighted by Gasteiger charge is 2.29. The van der Waals surface area contributed by atoms with E-state index in [0.29, 0.717) is 27.9 Å². The highest BCUT2D eigenvalue weighted by atomic mass is 16.5. The first-order chi connectivity index (χ1) is 14.9. The lowest BCUT2D eigenvalue weighted by Crippen LogP contribution is -2.21. The molecule has 0 spiro atoms. The number of rotatable bonds is 4. The average molecular weight is 411 g/mol. The van der Waals surface area contributed by atoms with Crippen molar-refractivity contribution in [2.45, 2.75) is 13.8 Å². The monoisotopic (exact) mass is 411 g/mol. The number of carbonyl (C=O) groups excluding carboxylic acids is 3. The molecule has 0 saturated carbocycles. The summed E-state index contributed by atoms with van der Waals surface area (Å²) in [6.07, 6.45) is 3.20. The molecule has 0 unspecified atom stereocenters. The number of amides is 1. The van der Waals surface area contributed by atoms with Gasteiger partial charge in [0.15, 0.2) is 11.6 Å². The Morgan fingerprint density at radius 1 is 0.839 bits per heavy atom. The van der Waals surface area contributed by atoms with Crippen LogP contribution in [-0.4, -0.2) is 24.6 Å². The number of aryl methyl sites for hydroxylation is 2. The number of nitrogens with one attached hydrogen (secondary N) is 1. The molecule has 5 nitrogen and oxygen atoms in total. The van der Waals surface area contributed by atoms with Gasteiger partial charge in [0.05, 0.1) is 7.11 Å². The van der Waals surface area contributed by atoms with Crippen LogP contribution in [-0.2, 0) is 4.79 Å². The van der Waals surface area contributed by atoms with Crippen molar-refractivity contribution in [2.75, 3.05) is 12.4 Å². The van der Waals surface area contributed by atoms with Crippen LogP contribution in [0.4, 0.5) is 5.69 Å². The smallest absolute Gasteiger partial charge is 0.248 e. The SMILES string of the molecule is COc1cc(C)c(/C=C/C(=O)Nc2ccc3c(c2)C(=O)c2ccccc2C3=O)c(C)c1. The van der Waals surface area contributed by atoms with Crippen LogP contribution >= 0.6 is 0 Å². The molecule has 0 fully saturated rings. The molecule has 1 N–H and O–H groups in total. The van der Waals surface area contributed by atoms with Gasteiger partial charge in [0.2, 0.25) is 5.91 Å². The summed E-state index contributed by atoms with van der Waals surface area (Å²) in [4.78, 5) is 38.0. The summed E-state index contributed by atoms with van der Waals surface area (Å²) in [7, 11) is 1.62. The van der Waals surface area contributed by atoms with Gasteiger partial charge in [0.25, 0.3) is 0 Å². The average Bonchev–Trinajstić information content (AvgIpc) is 2.76. The van der Waals surface area contributed by atoms with Crippen LogP contribution in [0.3, 0.4) is 0 Å². The summed E-state index contributed by atoms with van der Waals surface area (Å²) >= 11 is 0. The van der Waals surface area contributed by atoms with Crippen molar-refractivity contribution in [3.05, 3.63) is 99.6 Å². The number of carbonyl (C=O) groups is 3. The van der Waals surface area contributed by atoms with Gasteiger partial charge >= 0.3 is 0 Å². The Kier molecular flexibility index (Phi) is 5.26. The van der Waals surface area contributed by atoms with Gasteiger partial charge in [-0.15, -0.1) is 0 Å². The molecule has 1 aliphatic rings. The zero-order valence-electron chi connectivity index (χ0n) is 17.5. The molecule has 0 radical (unpaired) electrons. The standard InChI is InChI=1S/C26H21NO4/c1-15-12-18(31-3)13-16(2)19(15)10-11-24(28)27-17-8-9-22-23(14-17)26(30)21-7-5-4-6-20(21)25(22)29/h4-14H,1-3H3,(H,27,28)/b11-10+. The summed E-state index contributed by atoms with van der Waals surface area (Å²) in [5, 5.41) is 2.77. The van der Waals surface area contributed by atoms with Gasteiger partial charge in [0.1, 0.15) is 5.75 Å². The van der Waals surface area contributed by atoms with E-state index in [1.54, 1.807) is 55.7 Å². The van der Waals surface area contributed by atoms with E-state index in [-0.39, 0.29) is 17.5 Å². The van der Waals surface area contributed by atoms with E-state index in [1.165, 1.54) is 6.08 Å². The Labute approximate surface area is 180 Å². The molecule has 3 aromatic carbocycles. The normalized spacial score (nSPS) is 12.5. The third-order valence-electron chi connectivity index (χ3n) is 5.40. The molecule has 0 aromatic heterocycles. The van der Waals surface area contributed by atoms with Crippen molar-refractivity contribution in [3.63, 3.8) is 0 Å². The molecule has 31 heavy (non-hydrogen) atoms. The summed E-state index contributed by atoms with van der Waals surface area (Å²) in [5.74, 6) is 0.0331. The molecule has 4 rings (SSSR count). The number of ether oxygens (including phenoxy) is 1. The van der Waals surface area contributed by atoms with Gasteiger partial charge < -0.3 is 10.1 Å². The van der Waals surface area contributed by atoms with Gasteiger partial charge in [-0.1, -0.05) is 24.3 Å². The van der Waals surface area contributed by atoms with Gasteiger partial charge in [-0.3, -0.25) is 14.4 Å². The number of methoxy groups -OCH3 is 1. The first kappa shape index (κ1) is 20.3.